The minimum atomic E-state index is -0.210. The molecule has 120 valence electrons. The molecule has 5 heteroatoms. The van der Waals surface area contributed by atoms with Crippen molar-refractivity contribution in [1.82, 2.24) is 15.1 Å². The Bertz CT molecular complexity index is 484. The van der Waals surface area contributed by atoms with E-state index in [2.05, 4.69) is 10.2 Å². The lowest BCUT2D eigenvalue weighted by atomic mass is 10.1. The van der Waals surface area contributed by atoms with Crippen LogP contribution in [0.15, 0.2) is 30.3 Å². The molecule has 2 amide bonds. The van der Waals surface area contributed by atoms with Crippen LogP contribution in [-0.4, -0.2) is 61.4 Å². The molecule has 0 radical (unpaired) electrons. The Morgan fingerprint density at radius 2 is 1.82 bits per heavy atom. The number of carbonyl (C=O) groups excluding carboxylic acids is 2. The number of carbonyl (C=O) groups is 2. The lowest BCUT2D eigenvalue weighted by Crippen LogP contribution is -2.42. The number of hydrogen-bond donors (Lipinski definition) is 1. The molecule has 0 unspecified atom stereocenters. The van der Waals surface area contributed by atoms with Crippen LogP contribution in [0.25, 0.3) is 0 Å². The lowest BCUT2D eigenvalue weighted by Gasteiger charge is -2.28. The van der Waals surface area contributed by atoms with Gasteiger partial charge in [0.05, 0.1) is 6.54 Å². The molecule has 1 N–H and O–H groups in total. The molecule has 0 aromatic heterocycles. The number of amides is 2. The molecule has 1 fully saturated rings. The van der Waals surface area contributed by atoms with Crippen LogP contribution in [0.3, 0.4) is 0 Å². The third-order valence-electron chi connectivity index (χ3n) is 4.06. The number of rotatable bonds is 6. The summed E-state index contributed by atoms with van der Waals surface area (Å²) in [4.78, 5) is 28.0. The van der Waals surface area contributed by atoms with Crippen molar-refractivity contribution in [3.8, 4) is 0 Å². The van der Waals surface area contributed by atoms with Crippen LogP contribution in [-0.2, 0) is 4.79 Å². The van der Waals surface area contributed by atoms with Gasteiger partial charge >= 0.3 is 0 Å². The van der Waals surface area contributed by atoms with Crippen LogP contribution in [0, 0.1) is 0 Å². The second-order valence-electron chi connectivity index (χ2n) is 5.77. The smallest absolute Gasteiger partial charge is 0.251 e. The van der Waals surface area contributed by atoms with Gasteiger partial charge in [-0.3, -0.25) is 9.59 Å². The first-order chi connectivity index (χ1) is 10.7. The van der Waals surface area contributed by atoms with Crippen LogP contribution in [0.1, 0.15) is 29.6 Å². The van der Waals surface area contributed by atoms with Gasteiger partial charge in [-0.2, -0.15) is 0 Å². The molecule has 1 aliphatic rings. The monoisotopic (exact) mass is 303 g/mol. The summed E-state index contributed by atoms with van der Waals surface area (Å²) in [6.45, 7) is 3.93. The predicted octanol–water partition coefficient (Wildman–Crippen LogP) is 1.36. The highest BCUT2D eigenvalue weighted by Gasteiger charge is 2.14. The average molecular weight is 303 g/mol. The van der Waals surface area contributed by atoms with Crippen molar-refractivity contribution in [2.24, 2.45) is 0 Å². The fraction of sp³-hybridized carbons (Fsp3) is 0.529. The summed E-state index contributed by atoms with van der Waals surface area (Å²) in [5.74, 6) is -0.264. The van der Waals surface area contributed by atoms with E-state index in [0.29, 0.717) is 12.1 Å². The van der Waals surface area contributed by atoms with Crippen LogP contribution in [0.2, 0.25) is 0 Å². The Hall–Kier alpha value is -1.88. The molecular weight excluding hydrogens is 278 g/mol. The number of likely N-dealkylation sites (tertiary alicyclic amines) is 1. The van der Waals surface area contributed by atoms with Gasteiger partial charge < -0.3 is 15.1 Å². The fourth-order valence-electron chi connectivity index (χ4n) is 2.58. The third-order valence-corrected chi connectivity index (χ3v) is 4.06. The number of likely N-dealkylation sites (N-methyl/N-ethyl adjacent to an activating group) is 1. The van der Waals surface area contributed by atoms with Crippen LogP contribution < -0.4 is 5.32 Å². The molecule has 22 heavy (non-hydrogen) atoms. The Balaban J connectivity index is 1.68. The minimum Gasteiger partial charge on any atom is -0.343 e. The van der Waals surface area contributed by atoms with Gasteiger partial charge in [0.25, 0.3) is 5.91 Å². The molecule has 0 aliphatic carbocycles. The van der Waals surface area contributed by atoms with E-state index in [1.54, 1.807) is 24.1 Å². The second kappa shape index (κ2) is 8.54. The predicted molar refractivity (Wildman–Crippen MR) is 86.7 cm³/mol. The molecule has 1 saturated heterocycles. The van der Waals surface area contributed by atoms with Gasteiger partial charge in [0.1, 0.15) is 0 Å². The summed E-state index contributed by atoms with van der Waals surface area (Å²) in [5, 5.41) is 2.67. The zero-order valence-corrected chi connectivity index (χ0v) is 13.3. The van der Waals surface area contributed by atoms with Gasteiger partial charge in [-0.25, -0.2) is 0 Å². The summed E-state index contributed by atoms with van der Waals surface area (Å²) < 4.78 is 0. The zero-order chi connectivity index (χ0) is 15.8. The standard InChI is InChI=1S/C17H25N3O2/c1-19(12-13-20-10-6-3-7-11-20)16(21)14-18-17(22)15-8-4-2-5-9-15/h2,4-5,8-9H,3,6-7,10-14H2,1H3,(H,18,22). The van der Waals surface area contributed by atoms with E-state index in [1.807, 2.05) is 18.2 Å². The minimum absolute atomic E-state index is 0.0459. The van der Waals surface area contributed by atoms with Crippen molar-refractivity contribution in [1.29, 1.82) is 0 Å². The van der Waals surface area contributed by atoms with E-state index in [9.17, 15) is 9.59 Å². The van der Waals surface area contributed by atoms with Gasteiger partial charge in [-0.05, 0) is 38.1 Å². The van der Waals surface area contributed by atoms with E-state index in [0.717, 1.165) is 19.6 Å². The van der Waals surface area contributed by atoms with E-state index in [4.69, 9.17) is 0 Å². The van der Waals surface area contributed by atoms with E-state index in [-0.39, 0.29) is 18.4 Å². The lowest BCUT2D eigenvalue weighted by molar-refractivity contribution is -0.129. The zero-order valence-electron chi connectivity index (χ0n) is 13.3. The highest BCUT2D eigenvalue weighted by molar-refractivity contribution is 5.96. The SMILES string of the molecule is CN(CCN1CCCCC1)C(=O)CNC(=O)c1ccccc1. The van der Waals surface area contributed by atoms with E-state index < -0.39 is 0 Å². The molecule has 1 heterocycles. The molecule has 0 saturated carbocycles. The largest absolute Gasteiger partial charge is 0.343 e. The van der Waals surface area contributed by atoms with Crippen molar-refractivity contribution in [2.45, 2.75) is 19.3 Å². The number of nitrogens with zero attached hydrogens (tertiary/aromatic N) is 2. The van der Waals surface area contributed by atoms with Crippen LogP contribution in [0.4, 0.5) is 0 Å². The number of hydrogen-bond acceptors (Lipinski definition) is 3. The maximum absolute atomic E-state index is 12.0. The number of benzene rings is 1. The van der Waals surface area contributed by atoms with Crippen molar-refractivity contribution in [2.75, 3.05) is 39.8 Å². The first-order valence-electron chi connectivity index (χ1n) is 7.96. The fourth-order valence-corrected chi connectivity index (χ4v) is 2.58. The van der Waals surface area contributed by atoms with Crippen molar-refractivity contribution in [3.63, 3.8) is 0 Å². The average Bonchev–Trinajstić information content (AvgIpc) is 2.58. The number of piperidine rings is 1. The van der Waals surface area contributed by atoms with Crippen molar-refractivity contribution in [3.05, 3.63) is 35.9 Å². The van der Waals surface area contributed by atoms with Gasteiger partial charge in [-0.1, -0.05) is 24.6 Å². The van der Waals surface area contributed by atoms with E-state index in [1.165, 1.54) is 19.3 Å². The first-order valence-corrected chi connectivity index (χ1v) is 7.96. The highest BCUT2D eigenvalue weighted by atomic mass is 16.2. The van der Waals surface area contributed by atoms with Crippen molar-refractivity contribution < 1.29 is 9.59 Å². The first kappa shape index (κ1) is 16.5. The molecule has 5 nitrogen and oxygen atoms in total. The Labute approximate surface area is 132 Å². The van der Waals surface area contributed by atoms with Crippen LogP contribution >= 0.6 is 0 Å². The van der Waals surface area contributed by atoms with E-state index >= 15 is 0 Å². The molecule has 1 aromatic rings. The second-order valence-corrected chi connectivity index (χ2v) is 5.77. The molecule has 1 aromatic carbocycles. The van der Waals surface area contributed by atoms with Gasteiger partial charge in [0.2, 0.25) is 5.91 Å². The highest BCUT2D eigenvalue weighted by Crippen LogP contribution is 2.07. The Kier molecular flexibility index (Phi) is 6.40. The van der Waals surface area contributed by atoms with Gasteiger partial charge in [0.15, 0.2) is 0 Å². The summed E-state index contributed by atoms with van der Waals surface area (Å²) in [6, 6.07) is 8.94. The quantitative estimate of drug-likeness (QED) is 0.863. The molecular formula is C17H25N3O2. The Morgan fingerprint density at radius 3 is 2.50 bits per heavy atom. The Morgan fingerprint density at radius 1 is 1.14 bits per heavy atom. The number of nitrogens with one attached hydrogen (secondary N) is 1. The normalized spacial score (nSPS) is 15.3. The molecule has 0 spiro atoms. The maximum Gasteiger partial charge on any atom is 0.251 e. The summed E-state index contributed by atoms with van der Waals surface area (Å²) in [5.41, 5.74) is 0.575. The van der Waals surface area contributed by atoms with Crippen LogP contribution in [0.5, 0.6) is 0 Å². The molecule has 2 rings (SSSR count). The summed E-state index contributed by atoms with van der Waals surface area (Å²) in [6.07, 6.45) is 3.83. The summed E-state index contributed by atoms with van der Waals surface area (Å²) in [7, 11) is 1.79. The summed E-state index contributed by atoms with van der Waals surface area (Å²) >= 11 is 0. The van der Waals surface area contributed by atoms with Gasteiger partial charge in [-0.15, -0.1) is 0 Å². The van der Waals surface area contributed by atoms with Crippen molar-refractivity contribution >= 4 is 11.8 Å². The molecule has 0 atom stereocenters. The van der Waals surface area contributed by atoms with Gasteiger partial charge in [0, 0.05) is 25.7 Å². The molecule has 1 aliphatic heterocycles. The maximum atomic E-state index is 12.0. The third kappa shape index (κ3) is 5.15. The molecule has 0 bridgehead atoms. The topological polar surface area (TPSA) is 52.6 Å².